The molecule has 0 bridgehead atoms. The Morgan fingerprint density at radius 2 is 2.31 bits per heavy atom. The largest absolute Gasteiger partial charge is 0.478 e. The monoisotopic (exact) mass is 220 g/mol. The van der Waals surface area contributed by atoms with Gasteiger partial charge in [0.2, 0.25) is 0 Å². The minimum Gasteiger partial charge on any atom is -0.478 e. The molecular formula is C12H16N2O2. The highest BCUT2D eigenvalue weighted by Gasteiger charge is 2.31. The lowest BCUT2D eigenvalue weighted by Crippen LogP contribution is -2.07. The summed E-state index contributed by atoms with van der Waals surface area (Å²) >= 11 is 0. The molecule has 4 N–H and O–H groups in total. The molecule has 1 aromatic rings. The zero-order valence-corrected chi connectivity index (χ0v) is 9.23. The summed E-state index contributed by atoms with van der Waals surface area (Å²) < 4.78 is 0. The number of nitrogens with one attached hydrogen (secondary N) is 1. The van der Waals surface area contributed by atoms with Crippen molar-refractivity contribution >= 4 is 17.3 Å². The summed E-state index contributed by atoms with van der Waals surface area (Å²) in [6.45, 7) is 3.17. The van der Waals surface area contributed by atoms with Crippen molar-refractivity contribution < 1.29 is 9.90 Å². The van der Waals surface area contributed by atoms with E-state index in [-0.39, 0.29) is 5.56 Å². The highest BCUT2D eigenvalue weighted by Crippen LogP contribution is 2.37. The molecule has 4 nitrogen and oxygen atoms in total. The summed E-state index contributed by atoms with van der Waals surface area (Å²) in [7, 11) is 0. The van der Waals surface area contributed by atoms with E-state index in [1.54, 1.807) is 12.1 Å². The fraction of sp³-hybridized carbons (Fsp3) is 0.417. The number of carboxylic acid groups (broad SMARTS) is 1. The van der Waals surface area contributed by atoms with Crippen molar-refractivity contribution in [2.24, 2.45) is 11.8 Å². The van der Waals surface area contributed by atoms with E-state index >= 15 is 0 Å². The third kappa shape index (κ3) is 2.27. The molecule has 2 unspecified atom stereocenters. The molecule has 4 heteroatoms. The van der Waals surface area contributed by atoms with Gasteiger partial charge in [0.1, 0.15) is 0 Å². The van der Waals surface area contributed by atoms with Gasteiger partial charge >= 0.3 is 5.97 Å². The average molecular weight is 220 g/mol. The zero-order valence-electron chi connectivity index (χ0n) is 9.23. The number of carbonyl (C=O) groups is 1. The molecule has 86 valence electrons. The lowest BCUT2D eigenvalue weighted by atomic mass is 10.1. The van der Waals surface area contributed by atoms with Crippen LogP contribution < -0.4 is 11.1 Å². The predicted octanol–water partition coefficient (Wildman–Crippen LogP) is 2.03. The summed E-state index contributed by atoms with van der Waals surface area (Å²) in [4.78, 5) is 10.8. The second-order valence-corrected chi connectivity index (χ2v) is 4.46. The molecule has 1 aromatic carbocycles. The van der Waals surface area contributed by atoms with Gasteiger partial charge in [0.05, 0.1) is 5.56 Å². The van der Waals surface area contributed by atoms with Gasteiger partial charge in [-0.3, -0.25) is 0 Å². The van der Waals surface area contributed by atoms with Gasteiger partial charge in [0.25, 0.3) is 0 Å². The molecule has 0 aliphatic heterocycles. The van der Waals surface area contributed by atoms with Crippen LogP contribution in [0.15, 0.2) is 18.2 Å². The van der Waals surface area contributed by atoms with Gasteiger partial charge in [-0.25, -0.2) is 4.79 Å². The van der Waals surface area contributed by atoms with Gasteiger partial charge < -0.3 is 16.2 Å². The van der Waals surface area contributed by atoms with Crippen molar-refractivity contribution in [3.05, 3.63) is 23.8 Å². The molecule has 16 heavy (non-hydrogen) atoms. The number of hydrogen-bond donors (Lipinski definition) is 3. The first-order valence-corrected chi connectivity index (χ1v) is 5.44. The van der Waals surface area contributed by atoms with Crippen LogP contribution in [0.4, 0.5) is 11.4 Å². The van der Waals surface area contributed by atoms with Crippen molar-refractivity contribution in [1.29, 1.82) is 0 Å². The van der Waals surface area contributed by atoms with Crippen LogP contribution in [0.5, 0.6) is 0 Å². The first-order valence-electron chi connectivity index (χ1n) is 5.44. The van der Waals surface area contributed by atoms with E-state index in [0.717, 1.165) is 24.1 Å². The Bertz CT molecular complexity index is 417. The quantitative estimate of drug-likeness (QED) is 0.679. The number of aromatic carboxylic acids is 1. The van der Waals surface area contributed by atoms with Crippen LogP contribution >= 0.6 is 0 Å². The Balaban J connectivity index is 2.00. The highest BCUT2D eigenvalue weighted by atomic mass is 16.4. The van der Waals surface area contributed by atoms with Gasteiger partial charge in [0, 0.05) is 17.9 Å². The second kappa shape index (κ2) is 4.04. The van der Waals surface area contributed by atoms with Gasteiger partial charge in [-0.2, -0.15) is 0 Å². The molecule has 1 aliphatic carbocycles. The molecule has 0 saturated heterocycles. The molecule has 2 atom stereocenters. The number of anilines is 2. The van der Waals surface area contributed by atoms with Crippen molar-refractivity contribution in [3.8, 4) is 0 Å². The van der Waals surface area contributed by atoms with Gasteiger partial charge in [0.15, 0.2) is 0 Å². The Morgan fingerprint density at radius 1 is 1.62 bits per heavy atom. The fourth-order valence-electron chi connectivity index (χ4n) is 1.80. The molecule has 1 saturated carbocycles. The maximum absolute atomic E-state index is 10.8. The van der Waals surface area contributed by atoms with Crippen LogP contribution in [-0.2, 0) is 0 Å². The standard InChI is InChI=1S/C12H16N2O2/c1-7-4-8(7)6-14-9-2-3-10(12(15)16)11(13)5-9/h2-3,5,7-8,14H,4,6,13H2,1H3,(H,15,16). The number of carboxylic acids is 1. The van der Waals surface area contributed by atoms with Crippen LogP contribution in [0.3, 0.4) is 0 Å². The summed E-state index contributed by atoms with van der Waals surface area (Å²) in [5.41, 5.74) is 7.01. The van der Waals surface area contributed by atoms with E-state index in [0.29, 0.717) is 5.69 Å². The summed E-state index contributed by atoms with van der Waals surface area (Å²) in [5.74, 6) is 0.573. The molecule has 0 heterocycles. The smallest absolute Gasteiger partial charge is 0.337 e. The average Bonchev–Trinajstić information content (AvgIpc) is 2.91. The minimum atomic E-state index is -0.986. The highest BCUT2D eigenvalue weighted by molar-refractivity contribution is 5.94. The van der Waals surface area contributed by atoms with Crippen molar-refractivity contribution in [2.45, 2.75) is 13.3 Å². The van der Waals surface area contributed by atoms with Crippen LogP contribution in [0.1, 0.15) is 23.7 Å². The summed E-state index contributed by atoms with van der Waals surface area (Å²) in [6.07, 6.45) is 1.27. The fourth-order valence-corrected chi connectivity index (χ4v) is 1.80. The minimum absolute atomic E-state index is 0.158. The molecule has 0 spiro atoms. The Kier molecular flexibility index (Phi) is 2.73. The van der Waals surface area contributed by atoms with Crippen molar-refractivity contribution in [3.63, 3.8) is 0 Å². The molecule has 2 rings (SSSR count). The van der Waals surface area contributed by atoms with Crippen molar-refractivity contribution in [1.82, 2.24) is 0 Å². The summed E-state index contributed by atoms with van der Waals surface area (Å²) in [6, 6.07) is 4.97. The first kappa shape index (κ1) is 10.8. The number of nitrogens with two attached hydrogens (primary N) is 1. The lowest BCUT2D eigenvalue weighted by Gasteiger charge is -2.08. The first-order chi connectivity index (χ1) is 7.58. The molecule has 1 aliphatic rings. The Hall–Kier alpha value is -1.71. The van der Waals surface area contributed by atoms with E-state index in [2.05, 4.69) is 12.2 Å². The number of benzene rings is 1. The van der Waals surface area contributed by atoms with Crippen LogP contribution in [0.25, 0.3) is 0 Å². The molecule has 0 aromatic heterocycles. The number of rotatable bonds is 4. The maximum atomic E-state index is 10.8. The maximum Gasteiger partial charge on any atom is 0.337 e. The van der Waals surface area contributed by atoms with Gasteiger partial charge in [-0.1, -0.05) is 6.92 Å². The van der Waals surface area contributed by atoms with Crippen LogP contribution in [-0.4, -0.2) is 17.6 Å². The normalized spacial score (nSPS) is 22.8. The topological polar surface area (TPSA) is 75.3 Å². The third-order valence-corrected chi connectivity index (χ3v) is 3.13. The van der Waals surface area contributed by atoms with Gasteiger partial charge in [-0.05, 0) is 36.5 Å². The van der Waals surface area contributed by atoms with Crippen LogP contribution in [0.2, 0.25) is 0 Å². The van der Waals surface area contributed by atoms with E-state index in [1.165, 1.54) is 12.5 Å². The van der Waals surface area contributed by atoms with E-state index in [1.807, 2.05) is 0 Å². The number of nitrogen functional groups attached to an aromatic ring is 1. The van der Waals surface area contributed by atoms with Crippen LogP contribution in [0, 0.1) is 11.8 Å². The number of hydrogen-bond acceptors (Lipinski definition) is 3. The molecular weight excluding hydrogens is 204 g/mol. The van der Waals surface area contributed by atoms with Gasteiger partial charge in [-0.15, -0.1) is 0 Å². The molecule has 0 radical (unpaired) electrons. The Labute approximate surface area is 94.5 Å². The third-order valence-electron chi connectivity index (χ3n) is 3.13. The Morgan fingerprint density at radius 3 is 2.81 bits per heavy atom. The lowest BCUT2D eigenvalue weighted by molar-refractivity contribution is 0.0698. The SMILES string of the molecule is CC1CC1CNc1ccc(C(=O)O)c(N)c1. The molecule has 1 fully saturated rings. The van der Waals surface area contributed by atoms with E-state index in [4.69, 9.17) is 10.8 Å². The summed E-state index contributed by atoms with van der Waals surface area (Å²) in [5, 5.41) is 12.1. The van der Waals surface area contributed by atoms with Crippen molar-refractivity contribution in [2.75, 3.05) is 17.6 Å². The molecule has 0 amide bonds. The van der Waals surface area contributed by atoms with E-state index in [9.17, 15) is 4.79 Å². The predicted molar refractivity (Wildman–Crippen MR) is 63.6 cm³/mol. The zero-order chi connectivity index (χ0) is 11.7. The second-order valence-electron chi connectivity index (χ2n) is 4.46. The van der Waals surface area contributed by atoms with E-state index < -0.39 is 5.97 Å².